The molecular weight excluding hydrogens is 326 g/mol. The topological polar surface area (TPSA) is 55.6 Å². The van der Waals surface area contributed by atoms with E-state index in [4.69, 9.17) is 16.3 Å². The predicted octanol–water partition coefficient (Wildman–Crippen LogP) is 3.03. The van der Waals surface area contributed by atoms with E-state index in [2.05, 4.69) is 10.3 Å². The van der Waals surface area contributed by atoms with Gasteiger partial charge in [-0.05, 0) is 48.9 Å². The number of halogens is 1. The maximum absolute atomic E-state index is 11.8. The van der Waals surface area contributed by atoms with Crippen LogP contribution in [-0.2, 0) is 11.2 Å². The van der Waals surface area contributed by atoms with E-state index in [1.54, 1.807) is 24.3 Å². The molecule has 0 aliphatic heterocycles. The van der Waals surface area contributed by atoms with Gasteiger partial charge in [0.05, 0.1) is 5.69 Å². The van der Waals surface area contributed by atoms with Crippen molar-refractivity contribution >= 4 is 23.2 Å². The lowest BCUT2D eigenvalue weighted by Gasteiger charge is -2.06. The van der Waals surface area contributed by atoms with Gasteiger partial charge in [0.2, 0.25) is 0 Å². The van der Waals surface area contributed by atoms with E-state index in [1.807, 2.05) is 35.9 Å². The van der Waals surface area contributed by atoms with Gasteiger partial charge in [-0.2, -0.15) is 0 Å². The molecule has 0 spiro atoms. The summed E-state index contributed by atoms with van der Waals surface area (Å²) in [4.78, 5) is 16.3. The summed E-state index contributed by atoms with van der Waals surface area (Å²) in [7, 11) is 0. The first-order valence-electron chi connectivity index (χ1n) is 7.69. The molecule has 24 heavy (non-hydrogen) atoms. The van der Waals surface area contributed by atoms with Gasteiger partial charge in [0, 0.05) is 30.4 Å². The van der Waals surface area contributed by atoms with Gasteiger partial charge in [-0.1, -0.05) is 11.6 Å². The van der Waals surface area contributed by atoms with E-state index < -0.39 is 0 Å². The Bertz CT molecular complexity index is 843. The molecule has 0 unspecified atom stereocenters. The van der Waals surface area contributed by atoms with E-state index in [0.29, 0.717) is 23.7 Å². The zero-order valence-electron chi connectivity index (χ0n) is 13.3. The molecule has 3 rings (SSSR count). The lowest BCUT2D eigenvalue weighted by molar-refractivity contribution is -0.123. The minimum Gasteiger partial charge on any atom is -0.484 e. The highest BCUT2D eigenvalue weighted by Crippen LogP contribution is 2.15. The Balaban J connectivity index is 1.44. The number of nitrogens with one attached hydrogen (secondary N) is 1. The van der Waals surface area contributed by atoms with Crippen LogP contribution in [0.3, 0.4) is 0 Å². The van der Waals surface area contributed by atoms with Crippen LogP contribution < -0.4 is 10.1 Å². The van der Waals surface area contributed by atoms with E-state index in [-0.39, 0.29) is 12.5 Å². The standard InChI is InChI=1S/C18H18ClN3O2/c1-13-7-9-22-11-15(21-17(22)10-13)6-8-20-18(23)12-24-16-4-2-14(19)3-5-16/h2-5,7,9-11H,6,8,12H2,1H3,(H,20,23). The number of ether oxygens (including phenoxy) is 1. The highest BCUT2D eigenvalue weighted by atomic mass is 35.5. The zero-order chi connectivity index (χ0) is 16.9. The Kier molecular flexibility index (Phi) is 5.01. The summed E-state index contributed by atoms with van der Waals surface area (Å²) < 4.78 is 7.38. The SMILES string of the molecule is Cc1ccn2cc(CCNC(=O)COc3ccc(Cl)cc3)nc2c1. The van der Waals surface area contributed by atoms with E-state index in [1.165, 1.54) is 5.56 Å². The van der Waals surface area contributed by atoms with Crippen LogP contribution in [0.2, 0.25) is 5.02 Å². The minimum absolute atomic E-state index is 0.0218. The van der Waals surface area contributed by atoms with Crippen LogP contribution in [0, 0.1) is 6.92 Å². The summed E-state index contributed by atoms with van der Waals surface area (Å²) in [5, 5.41) is 3.46. The molecule has 0 aliphatic rings. The molecule has 0 saturated carbocycles. The highest BCUT2D eigenvalue weighted by molar-refractivity contribution is 6.30. The second-order valence-corrected chi connectivity index (χ2v) is 5.98. The number of aromatic nitrogens is 2. The van der Waals surface area contributed by atoms with Gasteiger partial charge in [-0.15, -0.1) is 0 Å². The molecular formula is C18H18ClN3O2. The van der Waals surface area contributed by atoms with E-state index >= 15 is 0 Å². The molecule has 0 fully saturated rings. The summed E-state index contributed by atoms with van der Waals surface area (Å²) >= 11 is 5.80. The van der Waals surface area contributed by atoms with Crippen LogP contribution in [0.25, 0.3) is 5.65 Å². The van der Waals surface area contributed by atoms with Crippen LogP contribution in [-0.4, -0.2) is 28.4 Å². The molecule has 3 aromatic rings. The number of amides is 1. The summed E-state index contributed by atoms with van der Waals surface area (Å²) in [5.41, 5.74) is 3.04. The maximum atomic E-state index is 11.8. The molecule has 0 saturated heterocycles. The molecule has 0 radical (unpaired) electrons. The number of carbonyl (C=O) groups is 1. The molecule has 0 bridgehead atoms. The average molecular weight is 344 g/mol. The predicted molar refractivity (Wildman–Crippen MR) is 93.6 cm³/mol. The van der Waals surface area contributed by atoms with Crippen molar-refractivity contribution in [1.82, 2.24) is 14.7 Å². The molecule has 2 heterocycles. The average Bonchev–Trinajstić information content (AvgIpc) is 2.96. The van der Waals surface area contributed by atoms with E-state index in [0.717, 1.165) is 11.3 Å². The minimum atomic E-state index is -0.162. The molecule has 1 N–H and O–H groups in total. The molecule has 0 atom stereocenters. The van der Waals surface area contributed by atoms with E-state index in [9.17, 15) is 4.79 Å². The number of carbonyl (C=O) groups excluding carboxylic acids is 1. The lowest BCUT2D eigenvalue weighted by Crippen LogP contribution is -2.30. The van der Waals surface area contributed by atoms with Gasteiger partial charge in [-0.3, -0.25) is 4.79 Å². The number of fused-ring (bicyclic) bond motifs is 1. The third-order valence-corrected chi connectivity index (χ3v) is 3.80. The van der Waals surface area contributed by atoms with Crippen molar-refractivity contribution in [2.75, 3.05) is 13.2 Å². The summed E-state index contributed by atoms with van der Waals surface area (Å²) in [5.74, 6) is 0.454. The van der Waals surface area contributed by atoms with Crippen LogP contribution in [0.15, 0.2) is 48.8 Å². The Labute approximate surface area is 145 Å². The zero-order valence-corrected chi connectivity index (χ0v) is 14.1. The van der Waals surface area contributed by atoms with Crippen LogP contribution >= 0.6 is 11.6 Å². The molecule has 5 nitrogen and oxygen atoms in total. The fourth-order valence-corrected chi connectivity index (χ4v) is 2.44. The first kappa shape index (κ1) is 16.3. The number of rotatable bonds is 6. The third-order valence-electron chi connectivity index (χ3n) is 3.55. The number of benzene rings is 1. The van der Waals surface area contributed by atoms with Gasteiger partial charge in [0.15, 0.2) is 6.61 Å². The number of nitrogens with zero attached hydrogens (tertiary/aromatic N) is 2. The number of imidazole rings is 1. The fraction of sp³-hybridized carbons (Fsp3) is 0.222. The van der Waals surface area contributed by atoms with Crippen molar-refractivity contribution in [2.24, 2.45) is 0 Å². The fourth-order valence-electron chi connectivity index (χ4n) is 2.32. The van der Waals surface area contributed by atoms with Gasteiger partial charge in [0.25, 0.3) is 5.91 Å². The van der Waals surface area contributed by atoms with Gasteiger partial charge >= 0.3 is 0 Å². The van der Waals surface area contributed by atoms with Gasteiger partial charge < -0.3 is 14.5 Å². The lowest BCUT2D eigenvalue weighted by atomic mass is 10.3. The largest absolute Gasteiger partial charge is 0.484 e. The Morgan fingerprint density at radius 1 is 1.29 bits per heavy atom. The summed E-state index contributed by atoms with van der Waals surface area (Å²) in [6.07, 6.45) is 4.64. The Morgan fingerprint density at radius 3 is 2.88 bits per heavy atom. The number of hydrogen-bond donors (Lipinski definition) is 1. The molecule has 2 aromatic heterocycles. The Hall–Kier alpha value is -2.53. The van der Waals surface area contributed by atoms with Crippen LogP contribution in [0.5, 0.6) is 5.75 Å². The first-order chi connectivity index (χ1) is 11.6. The van der Waals surface area contributed by atoms with Gasteiger partial charge in [0.1, 0.15) is 11.4 Å². The van der Waals surface area contributed by atoms with Crippen molar-refractivity contribution in [3.05, 3.63) is 65.1 Å². The first-order valence-corrected chi connectivity index (χ1v) is 8.07. The van der Waals surface area contributed by atoms with Crippen LogP contribution in [0.1, 0.15) is 11.3 Å². The summed E-state index contributed by atoms with van der Waals surface area (Å²) in [6, 6.07) is 11.0. The quantitative estimate of drug-likeness (QED) is 0.748. The molecule has 0 aliphatic carbocycles. The molecule has 1 amide bonds. The number of aryl methyl sites for hydroxylation is 1. The van der Waals surface area contributed by atoms with Crippen LogP contribution in [0.4, 0.5) is 0 Å². The monoisotopic (exact) mass is 343 g/mol. The van der Waals surface area contributed by atoms with Crippen molar-refractivity contribution in [2.45, 2.75) is 13.3 Å². The normalized spacial score (nSPS) is 10.8. The maximum Gasteiger partial charge on any atom is 0.257 e. The molecule has 1 aromatic carbocycles. The van der Waals surface area contributed by atoms with Crippen molar-refractivity contribution in [1.29, 1.82) is 0 Å². The second kappa shape index (κ2) is 7.36. The Morgan fingerprint density at radius 2 is 2.08 bits per heavy atom. The number of hydrogen-bond acceptors (Lipinski definition) is 3. The van der Waals surface area contributed by atoms with Crippen molar-refractivity contribution in [3.8, 4) is 5.75 Å². The second-order valence-electron chi connectivity index (χ2n) is 5.54. The molecule has 124 valence electrons. The third kappa shape index (κ3) is 4.26. The summed E-state index contributed by atoms with van der Waals surface area (Å²) in [6.45, 7) is 2.53. The smallest absolute Gasteiger partial charge is 0.257 e. The highest BCUT2D eigenvalue weighted by Gasteiger charge is 2.05. The number of pyridine rings is 1. The van der Waals surface area contributed by atoms with Crippen molar-refractivity contribution in [3.63, 3.8) is 0 Å². The van der Waals surface area contributed by atoms with Crippen molar-refractivity contribution < 1.29 is 9.53 Å². The molecule has 6 heteroatoms. The van der Waals surface area contributed by atoms with Gasteiger partial charge in [-0.25, -0.2) is 4.98 Å².